The van der Waals surface area contributed by atoms with E-state index in [-0.39, 0.29) is 5.41 Å². The van der Waals surface area contributed by atoms with Gasteiger partial charge in [-0.05, 0) is 19.3 Å². The molecule has 2 rings (SSSR count). The third kappa shape index (κ3) is 1.78. The van der Waals surface area contributed by atoms with Gasteiger partial charge in [-0.15, -0.1) is 0 Å². The van der Waals surface area contributed by atoms with Crippen molar-refractivity contribution >= 4 is 5.91 Å². The van der Waals surface area contributed by atoms with Crippen LogP contribution in [0.25, 0.3) is 0 Å². The maximum absolute atomic E-state index is 12.3. The van der Waals surface area contributed by atoms with Gasteiger partial charge >= 0.3 is 0 Å². The van der Waals surface area contributed by atoms with Crippen molar-refractivity contribution in [2.24, 2.45) is 11.3 Å². The predicted molar refractivity (Wildman–Crippen MR) is 60.5 cm³/mol. The van der Waals surface area contributed by atoms with Crippen LogP contribution in [-0.4, -0.2) is 36.0 Å². The minimum atomic E-state index is -0.244. The van der Waals surface area contributed by atoms with E-state index in [9.17, 15) is 4.79 Å². The van der Waals surface area contributed by atoms with Gasteiger partial charge in [0.05, 0.1) is 0 Å². The van der Waals surface area contributed by atoms with Crippen LogP contribution >= 0.6 is 0 Å². The molecule has 1 N–H and O–H groups in total. The van der Waals surface area contributed by atoms with Crippen molar-refractivity contribution in [3.63, 3.8) is 0 Å². The number of hydrogen-bond donors (Lipinski definition) is 1. The summed E-state index contributed by atoms with van der Waals surface area (Å²) < 4.78 is 0. The molecule has 0 aliphatic carbocycles. The lowest BCUT2D eigenvalue weighted by molar-refractivity contribution is -0.142. The highest BCUT2D eigenvalue weighted by molar-refractivity contribution is 5.82. The first kappa shape index (κ1) is 10.9. The molecular formula is C12H22N2O. The summed E-state index contributed by atoms with van der Waals surface area (Å²) in [6.45, 7) is 10.3. The Labute approximate surface area is 92.2 Å². The topological polar surface area (TPSA) is 32.3 Å². The Morgan fingerprint density at radius 1 is 1.33 bits per heavy atom. The minimum Gasteiger partial charge on any atom is -0.335 e. The van der Waals surface area contributed by atoms with E-state index in [1.807, 2.05) is 20.8 Å². The number of fused-ring (bicyclic) bond motifs is 1. The zero-order valence-corrected chi connectivity index (χ0v) is 10.2. The third-order valence-corrected chi connectivity index (χ3v) is 3.66. The summed E-state index contributed by atoms with van der Waals surface area (Å²) in [6.07, 6.45) is 1.17. The number of carbonyl (C=O) groups excluding carboxylic acids is 1. The first-order chi connectivity index (χ1) is 6.91. The zero-order valence-electron chi connectivity index (χ0n) is 10.2. The quantitative estimate of drug-likeness (QED) is 0.652. The molecule has 15 heavy (non-hydrogen) atoms. The molecule has 0 spiro atoms. The molecular weight excluding hydrogens is 188 g/mol. The highest BCUT2D eigenvalue weighted by Gasteiger charge is 2.46. The highest BCUT2D eigenvalue weighted by Crippen LogP contribution is 2.35. The molecule has 2 fully saturated rings. The predicted octanol–water partition coefficient (Wildman–Crippen LogP) is 1.24. The van der Waals surface area contributed by atoms with Crippen molar-refractivity contribution in [1.82, 2.24) is 10.2 Å². The molecule has 0 bridgehead atoms. The molecule has 2 aliphatic heterocycles. The fraction of sp³-hybridized carbons (Fsp3) is 0.917. The van der Waals surface area contributed by atoms with Crippen molar-refractivity contribution in [2.75, 3.05) is 13.1 Å². The molecule has 0 saturated carbocycles. The fourth-order valence-corrected chi connectivity index (χ4v) is 2.90. The molecule has 0 radical (unpaired) electrons. The average Bonchev–Trinajstić information content (AvgIpc) is 2.60. The molecule has 0 unspecified atom stereocenters. The SMILES string of the molecule is C[C@@H]1C[C@@H]2CNC[C@@H]2N1C(=O)C(C)(C)C. The van der Waals surface area contributed by atoms with Gasteiger partial charge in [0.2, 0.25) is 5.91 Å². The number of nitrogens with one attached hydrogen (secondary N) is 1. The molecule has 3 heteroatoms. The zero-order chi connectivity index (χ0) is 11.2. The van der Waals surface area contributed by atoms with Gasteiger partial charge in [-0.1, -0.05) is 20.8 Å². The summed E-state index contributed by atoms with van der Waals surface area (Å²) in [5.41, 5.74) is -0.244. The maximum atomic E-state index is 12.3. The molecule has 0 aromatic rings. The monoisotopic (exact) mass is 210 g/mol. The summed E-state index contributed by atoms with van der Waals surface area (Å²) in [4.78, 5) is 14.4. The van der Waals surface area contributed by atoms with Gasteiger partial charge in [-0.3, -0.25) is 4.79 Å². The van der Waals surface area contributed by atoms with Gasteiger partial charge in [0.25, 0.3) is 0 Å². The Balaban J connectivity index is 2.17. The summed E-state index contributed by atoms with van der Waals surface area (Å²) in [5.74, 6) is 0.998. The van der Waals surface area contributed by atoms with E-state index in [0.29, 0.717) is 23.9 Å². The molecule has 3 nitrogen and oxygen atoms in total. The van der Waals surface area contributed by atoms with Gasteiger partial charge in [0.15, 0.2) is 0 Å². The molecule has 0 aromatic heterocycles. The first-order valence-electron chi connectivity index (χ1n) is 5.94. The largest absolute Gasteiger partial charge is 0.335 e. The molecule has 2 saturated heterocycles. The summed E-state index contributed by atoms with van der Waals surface area (Å²) >= 11 is 0. The summed E-state index contributed by atoms with van der Waals surface area (Å²) in [6, 6.07) is 0.876. The summed E-state index contributed by atoms with van der Waals surface area (Å²) in [7, 11) is 0. The standard InChI is InChI=1S/C12H22N2O/c1-8-5-9-6-13-7-10(9)14(8)11(15)12(2,3)4/h8-10,13H,5-7H2,1-4H3/t8-,9-,10+/m1/s1. The van der Waals surface area contributed by atoms with Crippen LogP contribution in [-0.2, 0) is 4.79 Å². The van der Waals surface area contributed by atoms with Crippen molar-refractivity contribution < 1.29 is 4.79 Å². The summed E-state index contributed by atoms with van der Waals surface area (Å²) in [5, 5.41) is 3.39. The van der Waals surface area contributed by atoms with Crippen LogP contribution in [0.2, 0.25) is 0 Å². The van der Waals surface area contributed by atoms with E-state index >= 15 is 0 Å². The molecule has 3 atom stereocenters. The molecule has 2 heterocycles. The van der Waals surface area contributed by atoms with E-state index in [2.05, 4.69) is 17.1 Å². The second kappa shape index (κ2) is 3.48. The van der Waals surface area contributed by atoms with Crippen molar-refractivity contribution in [2.45, 2.75) is 46.2 Å². The van der Waals surface area contributed by atoms with Gasteiger partial charge < -0.3 is 10.2 Å². The average molecular weight is 210 g/mol. The van der Waals surface area contributed by atoms with Crippen LogP contribution in [0, 0.1) is 11.3 Å². The van der Waals surface area contributed by atoms with Crippen LogP contribution in [0.15, 0.2) is 0 Å². The Bertz CT molecular complexity index is 269. The van der Waals surface area contributed by atoms with Crippen molar-refractivity contribution in [1.29, 1.82) is 0 Å². The second-order valence-corrected chi connectivity index (χ2v) is 6.03. The molecule has 86 valence electrons. The minimum absolute atomic E-state index is 0.244. The fourth-order valence-electron chi connectivity index (χ4n) is 2.90. The first-order valence-corrected chi connectivity index (χ1v) is 5.94. The van der Waals surface area contributed by atoms with Crippen molar-refractivity contribution in [3.05, 3.63) is 0 Å². The van der Waals surface area contributed by atoms with Crippen molar-refractivity contribution in [3.8, 4) is 0 Å². The van der Waals surface area contributed by atoms with Crippen LogP contribution in [0.4, 0.5) is 0 Å². The van der Waals surface area contributed by atoms with E-state index < -0.39 is 0 Å². The number of amides is 1. The highest BCUT2D eigenvalue weighted by atomic mass is 16.2. The lowest BCUT2D eigenvalue weighted by Gasteiger charge is -2.33. The number of likely N-dealkylation sites (tertiary alicyclic amines) is 1. The number of carbonyl (C=O) groups is 1. The molecule has 1 amide bonds. The number of rotatable bonds is 0. The van der Waals surface area contributed by atoms with E-state index in [1.165, 1.54) is 6.42 Å². The Morgan fingerprint density at radius 3 is 2.60 bits per heavy atom. The normalized spacial score (nSPS) is 35.7. The van der Waals surface area contributed by atoms with Crippen LogP contribution < -0.4 is 5.32 Å². The van der Waals surface area contributed by atoms with Crippen LogP contribution in [0.1, 0.15) is 34.1 Å². The van der Waals surface area contributed by atoms with Gasteiger partial charge in [-0.25, -0.2) is 0 Å². The molecule has 0 aromatic carbocycles. The Morgan fingerprint density at radius 2 is 2.00 bits per heavy atom. The number of hydrogen-bond acceptors (Lipinski definition) is 2. The molecule has 2 aliphatic rings. The Kier molecular flexibility index (Phi) is 2.53. The smallest absolute Gasteiger partial charge is 0.228 e. The van der Waals surface area contributed by atoms with Gasteiger partial charge in [-0.2, -0.15) is 0 Å². The van der Waals surface area contributed by atoms with E-state index in [0.717, 1.165) is 13.1 Å². The number of nitrogens with zero attached hydrogens (tertiary/aromatic N) is 1. The van der Waals surface area contributed by atoms with Crippen LogP contribution in [0.3, 0.4) is 0 Å². The Hall–Kier alpha value is -0.570. The second-order valence-electron chi connectivity index (χ2n) is 6.03. The van der Waals surface area contributed by atoms with Gasteiger partial charge in [0, 0.05) is 30.6 Å². The third-order valence-electron chi connectivity index (χ3n) is 3.66. The van der Waals surface area contributed by atoms with E-state index in [4.69, 9.17) is 0 Å². The van der Waals surface area contributed by atoms with E-state index in [1.54, 1.807) is 0 Å². The lowest BCUT2D eigenvalue weighted by atomic mass is 9.94. The van der Waals surface area contributed by atoms with Crippen LogP contribution in [0.5, 0.6) is 0 Å². The lowest BCUT2D eigenvalue weighted by Crippen LogP contribution is -2.47. The maximum Gasteiger partial charge on any atom is 0.228 e. The van der Waals surface area contributed by atoms with Gasteiger partial charge in [0.1, 0.15) is 0 Å².